The van der Waals surface area contributed by atoms with Gasteiger partial charge in [0.15, 0.2) is 0 Å². The molecular weight excluding hydrogens is 340 g/mol. The molecule has 0 saturated heterocycles. The van der Waals surface area contributed by atoms with Gasteiger partial charge >= 0.3 is 11.9 Å². The molecule has 0 aromatic heterocycles. The molecule has 3 aromatic rings. The van der Waals surface area contributed by atoms with E-state index in [1.54, 1.807) is 0 Å². The second-order valence-corrected chi connectivity index (χ2v) is 7.11. The van der Waals surface area contributed by atoms with Crippen LogP contribution in [-0.4, -0.2) is 17.0 Å². The summed E-state index contributed by atoms with van der Waals surface area (Å²) in [6, 6.07) is 17.6. The van der Waals surface area contributed by atoms with Crippen LogP contribution in [0.2, 0.25) is 0 Å². The first kappa shape index (κ1) is 17.3. The zero-order valence-electron chi connectivity index (χ0n) is 15.0. The maximum absolute atomic E-state index is 13.0. The van der Waals surface area contributed by atoms with Crippen molar-refractivity contribution in [3.63, 3.8) is 0 Å². The van der Waals surface area contributed by atoms with Gasteiger partial charge in [0.05, 0.1) is 11.8 Å². The largest absolute Gasteiger partial charge is 0.481 e. The number of esters is 1. The molecule has 0 heterocycles. The van der Waals surface area contributed by atoms with Gasteiger partial charge in [0, 0.05) is 10.8 Å². The molecule has 0 spiro atoms. The number of carboxylic acids is 1. The van der Waals surface area contributed by atoms with E-state index in [0.29, 0.717) is 18.6 Å². The summed E-state index contributed by atoms with van der Waals surface area (Å²) < 4.78 is 5.86. The second kappa shape index (κ2) is 6.88. The molecular formula is C23H20O4. The summed E-state index contributed by atoms with van der Waals surface area (Å²) in [7, 11) is 0. The van der Waals surface area contributed by atoms with Gasteiger partial charge < -0.3 is 9.84 Å². The number of fused-ring (bicyclic) bond motifs is 2. The van der Waals surface area contributed by atoms with Crippen LogP contribution in [0.1, 0.15) is 19.8 Å². The fraction of sp³-hybridized carbons (Fsp3) is 0.217. The molecule has 4 rings (SSSR count). The molecule has 136 valence electrons. The fourth-order valence-corrected chi connectivity index (χ4v) is 3.84. The van der Waals surface area contributed by atoms with E-state index in [1.807, 2.05) is 61.5 Å². The van der Waals surface area contributed by atoms with E-state index in [1.165, 1.54) is 0 Å². The van der Waals surface area contributed by atoms with Crippen LogP contribution in [0.25, 0.3) is 21.5 Å². The SMILES string of the molecule is CC1=CCC(C(=O)Oc2c3ccccc3cc3ccccc23)C(C(=O)O)C1. The van der Waals surface area contributed by atoms with Crippen LogP contribution in [0.15, 0.2) is 66.2 Å². The maximum Gasteiger partial charge on any atom is 0.315 e. The average molecular weight is 360 g/mol. The molecule has 4 nitrogen and oxygen atoms in total. The summed E-state index contributed by atoms with van der Waals surface area (Å²) in [6.45, 7) is 1.90. The number of aliphatic carboxylic acids is 1. The van der Waals surface area contributed by atoms with Crippen LogP contribution >= 0.6 is 0 Å². The fourth-order valence-electron chi connectivity index (χ4n) is 3.84. The predicted molar refractivity (Wildman–Crippen MR) is 105 cm³/mol. The van der Waals surface area contributed by atoms with Crippen molar-refractivity contribution in [2.75, 3.05) is 0 Å². The topological polar surface area (TPSA) is 63.6 Å². The third kappa shape index (κ3) is 3.19. The van der Waals surface area contributed by atoms with Gasteiger partial charge in [-0.3, -0.25) is 9.59 Å². The van der Waals surface area contributed by atoms with E-state index >= 15 is 0 Å². The number of hydrogen-bond donors (Lipinski definition) is 1. The van der Waals surface area contributed by atoms with E-state index in [4.69, 9.17) is 4.74 Å². The van der Waals surface area contributed by atoms with Crippen LogP contribution in [-0.2, 0) is 9.59 Å². The van der Waals surface area contributed by atoms with Gasteiger partial charge in [0.2, 0.25) is 0 Å². The Morgan fingerprint density at radius 2 is 1.56 bits per heavy atom. The summed E-state index contributed by atoms with van der Waals surface area (Å²) in [5.74, 6) is -2.35. The Morgan fingerprint density at radius 3 is 2.15 bits per heavy atom. The molecule has 2 atom stereocenters. The number of carboxylic acid groups (broad SMARTS) is 1. The number of benzene rings is 3. The normalized spacial score (nSPS) is 19.7. The molecule has 0 bridgehead atoms. The van der Waals surface area contributed by atoms with E-state index in [2.05, 4.69) is 6.07 Å². The van der Waals surface area contributed by atoms with E-state index < -0.39 is 23.8 Å². The van der Waals surface area contributed by atoms with E-state index in [0.717, 1.165) is 27.1 Å². The quantitative estimate of drug-likeness (QED) is 0.310. The lowest BCUT2D eigenvalue weighted by Crippen LogP contribution is -2.34. The van der Waals surface area contributed by atoms with Crippen LogP contribution in [0.5, 0.6) is 5.75 Å². The maximum atomic E-state index is 13.0. The molecule has 2 unspecified atom stereocenters. The third-order valence-electron chi connectivity index (χ3n) is 5.29. The Labute approximate surface area is 157 Å². The highest BCUT2D eigenvalue weighted by Gasteiger charge is 2.37. The number of allylic oxidation sites excluding steroid dienone is 2. The summed E-state index contributed by atoms with van der Waals surface area (Å²) in [5.41, 5.74) is 1.00. The minimum Gasteiger partial charge on any atom is -0.481 e. The lowest BCUT2D eigenvalue weighted by Gasteiger charge is -2.26. The molecule has 27 heavy (non-hydrogen) atoms. The predicted octanol–water partition coefficient (Wildman–Crippen LogP) is 4.96. The Bertz CT molecular complexity index is 1030. The van der Waals surface area contributed by atoms with Gasteiger partial charge in [0.1, 0.15) is 5.75 Å². The summed E-state index contributed by atoms with van der Waals surface area (Å²) in [5, 5.41) is 13.2. The number of hydrogen-bond acceptors (Lipinski definition) is 3. The van der Waals surface area contributed by atoms with Crippen molar-refractivity contribution in [1.82, 2.24) is 0 Å². The number of carbonyl (C=O) groups excluding carboxylic acids is 1. The van der Waals surface area contributed by atoms with Crippen LogP contribution in [0.3, 0.4) is 0 Å². The van der Waals surface area contributed by atoms with E-state index in [9.17, 15) is 14.7 Å². The molecule has 0 radical (unpaired) electrons. The molecule has 0 aliphatic heterocycles. The molecule has 0 saturated carbocycles. The molecule has 1 aliphatic carbocycles. The van der Waals surface area contributed by atoms with Gasteiger partial charge in [-0.2, -0.15) is 0 Å². The van der Waals surface area contributed by atoms with Crippen molar-refractivity contribution >= 4 is 33.5 Å². The molecule has 4 heteroatoms. The van der Waals surface area contributed by atoms with Crippen LogP contribution in [0, 0.1) is 11.8 Å². The van der Waals surface area contributed by atoms with Gasteiger partial charge in [-0.25, -0.2) is 0 Å². The smallest absolute Gasteiger partial charge is 0.315 e. The molecule has 3 aromatic carbocycles. The number of ether oxygens (including phenoxy) is 1. The zero-order chi connectivity index (χ0) is 19.0. The first-order valence-electron chi connectivity index (χ1n) is 9.05. The first-order chi connectivity index (χ1) is 13.0. The Hall–Kier alpha value is -3.14. The Balaban J connectivity index is 1.78. The minimum atomic E-state index is -0.952. The van der Waals surface area contributed by atoms with Crippen molar-refractivity contribution in [1.29, 1.82) is 0 Å². The lowest BCUT2D eigenvalue weighted by molar-refractivity contribution is -0.152. The van der Waals surface area contributed by atoms with Crippen molar-refractivity contribution in [3.8, 4) is 5.75 Å². The molecule has 0 amide bonds. The highest BCUT2D eigenvalue weighted by Crippen LogP contribution is 2.37. The lowest BCUT2D eigenvalue weighted by atomic mass is 9.80. The van der Waals surface area contributed by atoms with Crippen molar-refractivity contribution in [2.45, 2.75) is 19.8 Å². The van der Waals surface area contributed by atoms with E-state index in [-0.39, 0.29) is 0 Å². The monoisotopic (exact) mass is 360 g/mol. The highest BCUT2D eigenvalue weighted by molar-refractivity contribution is 6.06. The van der Waals surface area contributed by atoms with Crippen LogP contribution < -0.4 is 4.74 Å². The third-order valence-corrected chi connectivity index (χ3v) is 5.29. The van der Waals surface area contributed by atoms with Gasteiger partial charge in [-0.05, 0) is 36.6 Å². The molecule has 0 fully saturated rings. The first-order valence-corrected chi connectivity index (χ1v) is 9.05. The van der Waals surface area contributed by atoms with Crippen LogP contribution in [0.4, 0.5) is 0 Å². The van der Waals surface area contributed by atoms with Gasteiger partial charge in [-0.15, -0.1) is 0 Å². The molecule has 1 aliphatic rings. The molecule has 1 N–H and O–H groups in total. The van der Waals surface area contributed by atoms with Gasteiger partial charge in [0.25, 0.3) is 0 Å². The average Bonchev–Trinajstić information content (AvgIpc) is 2.67. The highest BCUT2D eigenvalue weighted by atomic mass is 16.5. The number of rotatable bonds is 3. The summed E-state index contributed by atoms with van der Waals surface area (Å²) in [6.07, 6.45) is 2.71. The van der Waals surface area contributed by atoms with Crippen molar-refractivity contribution in [2.24, 2.45) is 11.8 Å². The second-order valence-electron chi connectivity index (χ2n) is 7.11. The van der Waals surface area contributed by atoms with Crippen molar-refractivity contribution in [3.05, 3.63) is 66.2 Å². The Kier molecular flexibility index (Phi) is 4.40. The summed E-state index contributed by atoms with van der Waals surface area (Å²) in [4.78, 5) is 24.6. The standard InChI is InChI=1S/C23H20O4/c1-14-10-11-19(20(12-14)22(24)25)23(26)27-21-17-8-4-2-6-15(17)13-16-7-3-5-9-18(16)21/h2-10,13,19-20H,11-12H2,1H3,(H,24,25). The van der Waals surface area contributed by atoms with Crippen molar-refractivity contribution < 1.29 is 19.4 Å². The Morgan fingerprint density at radius 1 is 0.963 bits per heavy atom. The zero-order valence-corrected chi connectivity index (χ0v) is 15.0. The van der Waals surface area contributed by atoms with Gasteiger partial charge in [-0.1, -0.05) is 60.2 Å². The summed E-state index contributed by atoms with van der Waals surface area (Å²) >= 11 is 0. The minimum absolute atomic E-state index is 0.380. The number of carbonyl (C=O) groups is 2.